The highest BCUT2D eigenvalue weighted by molar-refractivity contribution is 5.52. The fraction of sp³-hybridized carbons (Fsp3) is 0.333. The Morgan fingerprint density at radius 3 is 2.97 bits per heavy atom. The van der Waals surface area contributed by atoms with Crippen LogP contribution in [0.15, 0.2) is 47.7 Å². The quantitative estimate of drug-likeness (QED) is 0.692. The lowest BCUT2D eigenvalue weighted by Gasteiger charge is -2.23. The second kappa shape index (κ2) is 8.21. The first-order valence-corrected chi connectivity index (χ1v) is 9.86. The maximum absolute atomic E-state index is 12.8. The van der Waals surface area contributed by atoms with Crippen LogP contribution in [-0.2, 0) is 17.8 Å². The summed E-state index contributed by atoms with van der Waals surface area (Å²) in [7, 11) is 0. The average molecular weight is 407 g/mol. The van der Waals surface area contributed by atoms with Crippen molar-refractivity contribution in [3.05, 3.63) is 64.6 Å². The van der Waals surface area contributed by atoms with Crippen molar-refractivity contribution in [2.24, 2.45) is 0 Å². The van der Waals surface area contributed by atoms with E-state index in [2.05, 4.69) is 15.3 Å². The molecule has 154 valence electrons. The third-order valence-corrected chi connectivity index (χ3v) is 5.12. The van der Waals surface area contributed by atoms with Crippen LogP contribution in [-0.4, -0.2) is 45.9 Å². The Labute approximate surface area is 172 Å². The Kier molecular flexibility index (Phi) is 5.12. The molecule has 3 aromatic rings. The first-order valence-electron chi connectivity index (χ1n) is 9.86. The number of rotatable bonds is 4. The normalized spacial score (nSPS) is 17.8. The molecule has 1 N–H and O–H groups in total. The van der Waals surface area contributed by atoms with Crippen LogP contribution in [0.2, 0.25) is 0 Å². The molecule has 0 saturated heterocycles. The standard InChI is InChI=1S/C21H21N5O4/c27-19-10-16(15-4-5-22-13-24-15)25-21-17(12-28-7-6-26(19)21)23-11-14-2-1-3-18-20(14)30-9-8-29-18/h1-5,10,13,17,23H,6-9,11-12H2. The van der Waals surface area contributed by atoms with Gasteiger partial charge in [0.15, 0.2) is 11.5 Å². The van der Waals surface area contributed by atoms with Gasteiger partial charge >= 0.3 is 0 Å². The molecule has 5 rings (SSSR count). The van der Waals surface area contributed by atoms with Crippen LogP contribution in [0.5, 0.6) is 11.5 Å². The summed E-state index contributed by atoms with van der Waals surface area (Å²) in [6.07, 6.45) is 3.08. The van der Waals surface area contributed by atoms with Crippen molar-refractivity contribution in [2.75, 3.05) is 26.4 Å². The summed E-state index contributed by atoms with van der Waals surface area (Å²) in [5.74, 6) is 2.14. The number of ether oxygens (including phenoxy) is 3. The molecule has 0 spiro atoms. The van der Waals surface area contributed by atoms with Gasteiger partial charge in [-0.25, -0.2) is 15.0 Å². The Morgan fingerprint density at radius 2 is 2.07 bits per heavy atom. The van der Waals surface area contributed by atoms with Crippen molar-refractivity contribution in [2.45, 2.75) is 19.1 Å². The lowest BCUT2D eigenvalue weighted by atomic mass is 10.1. The van der Waals surface area contributed by atoms with Gasteiger partial charge in [-0.2, -0.15) is 0 Å². The second-order valence-electron chi connectivity index (χ2n) is 7.03. The van der Waals surface area contributed by atoms with E-state index in [1.54, 1.807) is 16.8 Å². The zero-order valence-corrected chi connectivity index (χ0v) is 16.3. The van der Waals surface area contributed by atoms with Gasteiger partial charge in [0.2, 0.25) is 0 Å². The zero-order valence-electron chi connectivity index (χ0n) is 16.3. The molecule has 0 bridgehead atoms. The molecule has 2 aliphatic rings. The number of benzene rings is 1. The molecule has 0 saturated carbocycles. The fourth-order valence-corrected chi connectivity index (χ4v) is 3.68. The molecule has 0 amide bonds. The smallest absolute Gasteiger partial charge is 0.254 e. The molecule has 9 heteroatoms. The molecule has 4 heterocycles. The van der Waals surface area contributed by atoms with Crippen LogP contribution >= 0.6 is 0 Å². The topological polar surface area (TPSA) is 100 Å². The first-order chi connectivity index (χ1) is 14.8. The summed E-state index contributed by atoms with van der Waals surface area (Å²) in [4.78, 5) is 25.7. The molecule has 0 aliphatic carbocycles. The molecule has 9 nitrogen and oxygen atoms in total. The predicted molar refractivity (Wildman–Crippen MR) is 107 cm³/mol. The van der Waals surface area contributed by atoms with Gasteiger partial charge in [0.05, 0.1) is 37.2 Å². The summed E-state index contributed by atoms with van der Waals surface area (Å²) in [6.45, 7) is 2.92. The number of nitrogens with one attached hydrogen (secondary N) is 1. The van der Waals surface area contributed by atoms with E-state index in [4.69, 9.17) is 19.2 Å². The molecule has 1 aromatic carbocycles. The molecule has 2 aromatic heterocycles. The van der Waals surface area contributed by atoms with E-state index in [-0.39, 0.29) is 11.6 Å². The van der Waals surface area contributed by atoms with Crippen LogP contribution in [0, 0.1) is 0 Å². The Bertz CT molecular complexity index is 1100. The molecule has 2 aliphatic heterocycles. The molecular weight excluding hydrogens is 386 g/mol. The minimum atomic E-state index is -0.262. The van der Waals surface area contributed by atoms with Gasteiger partial charge in [-0.3, -0.25) is 9.36 Å². The Hall–Kier alpha value is -3.30. The highest BCUT2D eigenvalue weighted by Gasteiger charge is 2.24. The predicted octanol–water partition coefficient (Wildman–Crippen LogP) is 1.33. The Morgan fingerprint density at radius 1 is 1.13 bits per heavy atom. The number of aromatic nitrogens is 4. The van der Waals surface area contributed by atoms with Crippen LogP contribution < -0.4 is 20.3 Å². The van der Waals surface area contributed by atoms with E-state index in [0.29, 0.717) is 56.7 Å². The van der Waals surface area contributed by atoms with Crippen LogP contribution in [0.3, 0.4) is 0 Å². The van der Waals surface area contributed by atoms with Gasteiger partial charge in [0.25, 0.3) is 5.56 Å². The van der Waals surface area contributed by atoms with Crippen molar-refractivity contribution < 1.29 is 14.2 Å². The van der Waals surface area contributed by atoms with Crippen molar-refractivity contribution in [1.82, 2.24) is 24.8 Å². The molecule has 1 atom stereocenters. The highest BCUT2D eigenvalue weighted by Crippen LogP contribution is 2.33. The third kappa shape index (κ3) is 3.64. The van der Waals surface area contributed by atoms with Crippen molar-refractivity contribution in [1.29, 1.82) is 0 Å². The largest absolute Gasteiger partial charge is 0.486 e. The van der Waals surface area contributed by atoms with E-state index in [1.807, 2.05) is 18.2 Å². The number of hydrogen-bond acceptors (Lipinski definition) is 8. The summed E-state index contributed by atoms with van der Waals surface area (Å²) in [5.41, 5.74) is 1.99. The summed E-state index contributed by atoms with van der Waals surface area (Å²) >= 11 is 0. The van der Waals surface area contributed by atoms with Crippen LogP contribution in [0.1, 0.15) is 17.4 Å². The van der Waals surface area contributed by atoms with E-state index >= 15 is 0 Å². The van der Waals surface area contributed by atoms with Crippen LogP contribution in [0.4, 0.5) is 0 Å². The van der Waals surface area contributed by atoms with Crippen molar-refractivity contribution in [3.8, 4) is 22.9 Å². The number of hydrogen-bond donors (Lipinski definition) is 1. The maximum Gasteiger partial charge on any atom is 0.254 e. The Balaban J connectivity index is 1.46. The van der Waals surface area contributed by atoms with Gasteiger partial charge in [-0.05, 0) is 12.1 Å². The molecule has 30 heavy (non-hydrogen) atoms. The number of nitrogens with zero attached hydrogens (tertiary/aromatic N) is 4. The lowest BCUT2D eigenvalue weighted by molar-refractivity contribution is 0.117. The minimum Gasteiger partial charge on any atom is -0.486 e. The summed E-state index contributed by atoms with van der Waals surface area (Å²) in [5, 5.41) is 3.47. The fourth-order valence-electron chi connectivity index (χ4n) is 3.68. The average Bonchev–Trinajstić information content (AvgIpc) is 3.01. The van der Waals surface area contributed by atoms with Gasteiger partial charge in [0, 0.05) is 24.4 Å². The van der Waals surface area contributed by atoms with E-state index in [1.165, 1.54) is 12.4 Å². The summed E-state index contributed by atoms with van der Waals surface area (Å²) in [6, 6.07) is 8.82. The van der Waals surface area contributed by atoms with Gasteiger partial charge < -0.3 is 19.5 Å². The van der Waals surface area contributed by atoms with E-state index < -0.39 is 0 Å². The van der Waals surface area contributed by atoms with Crippen LogP contribution in [0.25, 0.3) is 11.4 Å². The van der Waals surface area contributed by atoms with Crippen molar-refractivity contribution in [3.63, 3.8) is 0 Å². The minimum absolute atomic E-state index is 0.125. The molecule has 0 radical (unpaired) electrons. The van der Waals surface area contributed by atoms with E-state index in [0.717, 1.165) is 17.1 Å². The van der Waals surface area contributed by atoms with Gasteiger partial charge in [-0.15, -0.1) is 0 Å². The maximum atomic E-state index is 12.8. The van der Waals surface area contributed by atoms with Gasteiger partial charge in [0.1, 0.15) is 25.4 Å². The number of para-hydroxylation sites is 1. The van der Waals surface area contributed by atoms with Gasteiger partial charge in [-0.1, -0.05) is 12.1 Å². The molecule has 0 fully saturated rings. The summed E-state index contributed by atoms with van der Waals surface area (Å²) < 4.78 is 18.9. The highest BCUT2D eigenvalue weighted by atomic mass is 16.6. The molecule has 1 unspecified atom stereocenters. The third-order valence-electron chi connectivity index (χ3n) is 5.12. The molecular formula is C21H21N5O4. The second-order valence-corrected chi connectivity index (χ2v) is 7.03. The number of fused-ring (bicyclic) bond motifs is 2. The van der Waals surface area contributed by atoms with Crippen molar-refractivity contribution >= 4 is 0 Å². The zero-order chi connectivity index (χ0) is 20.3. The lowest BCUT2D eigenvalue weighted by Crippen LogP contribution is -2.32. The monoisotopic (exact) mass is 407 g/mol. The SMILES string of the molecule is O=c1cc(-c2ccncn2)nc2n1CCOCC2NCc1cccc2c1OCCO2. The van der Waals surface area contributed by atoms with E-state index in [9.17, 15) is 4.79 Å². The first kappa shape index (κ1) is 18.7.